The van der Waals surface area contributed by atoms with Crippen LogP contribution in [0.1, 0.15) is 11.4 Å². The Labute approximate surface area is 145 Å². The average Bonchev–Trinajstić information content (AvgIpc) is 2.87. The predicted octanol–water partition coefficient (Wildman–Crippen LogP) is 1.07. The number of aromatic nitrogens is 3. The van der Waals surface area contributed by atoms with Crippen molar-refractivity contribution in [3.63, 3.8) is 0 Å². The number of nitrogens with zero attached hydrogens (tertiary/aromatic N) is 5. The highest BCUT2D eigenvalue weighted by Gasteiger charge is 2.29. The summed E-state index contributed by atoms with van der Waals surface area (Å²) in [5.41, 5.74) is 1.81. The van der Waals surface area contributed by atoms with Gasteiger partial charge in [-0.25, -0.2) is 14.8 Å². The second-order valence-electron chi connectivity index (χ2n) is 5.62. The van der Waals surface area contributed by atoms with Crippen LogP contribution in [0.4, 0.5) is 10.7 Å². The van der Waals surface area contributed by atoms with Crippen LogP contribution in [-0.4, -0.2) is 52.4 Å². The molecule has 1 fully saturated rings. The fourth-order valence-electron chi connectivity index (χ4n) is 2.36. The number of hydrogen-bond donors (Lipinski definition) is 1. The minimum atomic E-state index is -0.446. The molecule has 0 atom stereocenters. The van der Waals surface area contributed by atoms with E-state index in [0.29, 0.717) is 18.2 Å². The number of urea groups is 1. The van der Waals surface area contributed by atoms with Crippen molar-refractivity contribution < 1.29 is 9.59 Å². The van der Waals surface area contributed by atoms with Gasteiger partial charge in [0.25, 0.3) is 5.91 Å². The molecule has 2 aromatic heterocycles. The molecule has 8 nitrogen and oxygen atoms in total. The third-order valence-electron chi connectivity index (χ3n) is 3.84. The highest BCUT2D eigenvalue weighted by molar-refractivity contribution is 6.13. The van der Waals surface area contributed by atoms with E-state index in [-0.39, 0.29) is 5.70 Å². The molecular weight excluding hydrogens is 320 g/mol. The van der Waals surface area contributed by atoms with Gasteiger partial charge in [0.1, 0.15) is 5.70 Å². The number of nitrogens with one attached hydrogen (secondary N) is 1. The van der Waals surface area contributed by atoms with Gasteiger partial charge in [0, 0.05) is 45.1 Å². The van der Waals surface area contributed by atoms with Crippen LogP contribution in [0.15, 0.2) is 42.4 Å². The molecule has 1 saturated heterocycles. The van der Waals surface area contributed by atoms with Gasteiger partial charge in [-0.3, -0.25) is 20.0 Å². The Hall–Kier alpha value is -3.29. The van der Waals surface area contributed by atoms with Gasteiger partial charge in [-0.05, 0) is 24.3 Å². The van der Waals surface area contributed by atoms with Gasteiger partial charge in [0.05, 0.1) is 5.69 Å². The lowest BCUT2D eigenvalue weighted by atomic mass is 10.2. The first-order valence-corrected chi connectivity index (χ1v) is 7.79. The molecule has 3 heterocycles. The molecule has 0 aromatic carbocycles. The van der Waals surface area contributed by atoms with Crippen molar-refractivity contribution in [1.29, 1.82) is 0 Å². The largest absolute Gasteiger partial charge is 0.343 e. The highest BCUT2D eigenvalue weighted by atomic mass is 16.2. The number of rotatable bonds is 5. The van der Waals surface area contributed by atoms with Crippen molar-refractivity contribution >= 4 is 24.0 Å². The first-order chi connectivity index (χ1) is 12.0. The van der Waals surface area contributed by atoms with E-state index in [4.69, 9.17) is 0 Å². The first kappa shape index (κ1) is 16.6. The predicted molar refractivity (Wildman–Crippen MR) is 92.5 cm³/mol. The topological polar surface area (TPSA) is 91.3 Å². The summed E-state index contributed by atoms with van der Waals surface area (Å²) in [5.74, 6) is 0.105. The summed E-state index contributed by atoms with van der Waals surface area (Å²) in [6.07, 6.45) is 5.73. The second kappa shape index (κ2) is 7.08. The Kier molecular flexibility index (Phi) is 4.69. The zero-order valence-corrected chi connectivity index (χ0v) is 14.0. The van der Waals surface area contributed by atoms with E-state index in [1.165, 1.54) is 11.9 Å². The van der Waals surface area contributed by atoms with Gasteiger partial charge in [-0.1, -0.05) is 6.07 Å². The summed E-state index contributed by atoms with van der Waals surface area (Å²) < 4.78 is 0. The summed E-state index contributed by atoms with van der Waals surface area (Å²) >= 11 is 0. The molecule has 2 aromatic rings. The van der Waals surface area contributed by atoms with Crippen molar-refractivity contribution in [2.45, 2.75) is 6.42 Å². The van der Waals surface area contributed by atoms with Crippen LogP contribution < -0.4 is 10.2 Å². The molecule has 1 aliphatic heterocycles. The zero-order chi connectivity index (χ0) is 17.8. The molecule has 0 spiro atoms. The number of pyridine rings is 1. The number of anilines is 1. The van der Waals surface area contributed by atoms with Crippen molar-refractivity contribution in [2.75, 3.05) is 25.5 Å². The van der Waals surface area contributed by atoms with E-state index >= 15 is 0 Å². The molecule has 3 rings (SSSR count). The Morgan fingerprint density at radius 1 is 1.20 bits per heavy atom. The van der Waals surface area contributed by atoms with Crippen molar-refractivity contribution in [3.05, 3.63) is 53.7 Å². The molecule has 25 heavy (non-hydrogen) atoms. The molecule has 0 bridgehead atoms. The highest BCUT2D eigenvalue weighted by Crippen LogP contribution is 2.15. The Morgan fingerprint density at radius 2 is 2.04 bits per heavy atom. The normalized spacial score (nSPS) is 15.6. The molecule has 3 amide bonds. The van der Waals surface area contributed by atoms with Crippen molar-refractivity contribution in [2.24, 2.45) is 0 Å². The van der Waals surface area contributed by atoms with Gasteiger partial charge in [0.2, 0.25) is 5.95 Å². The smallest absolute Gasteiger partial charge is 0.328 e. The Balaban J connectivity index is 1.73. The second-order valence-corrected chi connectivity index (χ2v) is 5.62. The fraction of sp³-hybridized carbons (Fsp3) is 0.235. The molecule has 1 aliphatic rings. The number of amides is 3. The van der Waals surface area contributed by atoms with Gasteiger partial charge < -0.3 is 4.90 Å². The standard InChI is InChI=1S/C17H18N6O2/c1-22(10-7-12-5-3-4-8-18-12)16-19-9-6-13(20-16)11-14-15(24)21-17(25)23(14)2/h3-6,8-9,11H,7,10H2,1-2H3,(H,21,24,25)/b14-11+. The summed E-state index contributed by atoms with van der Waals surface area (Å²) in [7, 11) is 3.43. The maximum Gasteiger partial charge on any atom is 0.328 e. The van der Waals surface area contributed by atoms with Gasteiger partial charge in [0.15, 0.2) is 0 Å². The quantitative estimate of drug-likeness (QED) is 0.648. The van der Waals surface area contributed by atoms with Crippen LogP contribution in [0.3, 0.4) is 0 Å². The van der Waals surface area contributed by atoms with E-state index < -0.39 is 11.9 Å². The number of carbonyl (C=O) groups excluding carboxylic acids is 2. The minimum Gasteiger partial charge on any atom is -0.343 e. The van der Waals surface area contributed by atoms with Crippen LogP contribution in [0.5, 0.6) is 0 Å². The van der Waals surface area contributed by atoms with Crippen LogP contribution in [0.2, 0.25) is 0 Å². The van der Waals surface area contributed by atoms with E-state index in [0.717, 1.165) is 12.1 Å². The van der Waals surface area contributed by atoms with Crippen LogP contribution in [0.25, 0.3) is 6.08 Å². The lowest BCUT2D eigenvalue weighted by molar-refractivity contribution is -0.115. The van der Waals surface area contributed by atoms with E-state index in [1.54, 1.807) is 24.5 Å². The van der Waals surface area contributed by atoms with Gasteiger partial charge in [-0.15, -0.1) is 0 Å². The van der Waals surface area contributed by atoms with Crippen LogP contribution in [-0.2, 0) is 11.2 Å². The van der Waals surface area contributed by atoms with E-state index in [1.807, 2.05) is 30.1 Å². The Bertz CT molecular complexity index is 821. The van der Waals surface area contributed by atoms with E-state index in [2.05, 4.69) is 20.3 Å². The lowest BCUT2D eigenvalue weighted by Crippen LogP contribution is -2.24. The first-order valence-electron chi connectivity index (χ1n) is 7.79. The molecule has 0 unspecified atom stereocenters. The van der Waals surface area contributed by atoms with Crippen molar-refractivity contribution in [1.82, 2.24) is 25.2 Å². The SMILES string of the molecule is CN1C(=O)NC(=O)/C1=C\c1ccnc(N(C)CCc2ccccn2)n1. The number of imide groups is 1. The molecule has 1 N–H and O–H groups in total. The zero-order valence-electron chi connectivity index (χ0n) is 14.0. The molecule has 8 heteroatoms. The maximum absolute atomic E-state index is 11.8. The van der Waals surface area contributed by atoms with E-state index in [9.17, 15) is 9.59 Å². The third-order valence-corrected chi connectivity index (χ3v) is 3.84. The minimum absolute atomic E-state index is 0.255. The molecular formula is C17H18N6O2. The summed E-state index contributed by atoms with van der Waals surface area (Å²) in [6.45, 7) is 0.704. The monoisotopic (exact) mass is 338 g/mol. The fourth-order valence-corrected chi connectivity index (χ4v) is 2.36. The lowest BCUT2D eigenvalue weighted by Gasteiger charge is -2.17. The van der Waals surface area contributed by atoms with Gasteiger partial charge in [-0.2, -0.15) is 0 Å². The number of hydrogen-bond acceptors (Lipinski definition) is 6. The third kappa shape index (κ3) is 3.79. The summed E-state index contributed by atoms with van der Waals surface area (Å²) in [6, 6.07) is 7.05. The molecule has 128 valence electrons. The number of carbonyl (C=O) groups is 2. The summed E-state index contributed by atoms with van der Waals surface area (Å²) in [4.78, 5) is 39.4. The average molecular weight is 338 g/mol. The molecule has 0 radical (unpaired) electrons. The Morgan fingerprint density at radius 3 is 2.72 bits per heavy atom. The van der Waals surface area contributed by atoms with Gasteiger partial charge >= 0.3 is 6.03 Å². The summed E-state index contributed by atoms with van der Waals surface area (Å²) in [5, 5.41) is 2.23. The van der Waals surface area contributed by atoms with Crippen LogP contribution in [0, 0.1) is 0 Å². The molecule has 0 saturated carbocycles. The van der Waals surface area contributed by atoms with Crippen LogP contribution >= 0.6 is 0 Å². The maximum atomic E-state index is 11.8. The molecule has 0 aliphatic carbocycles. The van der Waals surface area contributed by atoms with Crippen molar-refractivity contribution in [3.8, 4) is 0 Å². The number of likely N-dealkylation sites (N-methyl/N-ethyl adjacent to an activating group) is 2.